The first-order valence-corrected chi connectivity index (χ1v) is 8.83. The van der Waals surface area contributed by atoms with Gasteiger partial charge in [0.2, 0.25) is 5.91 Å². The summed E-state index contributed by atoms with van der Waals surface area (Å²) in [5.74, 6) is 1.07. The van der Waals surface area contributed by atoms with Crippen LogP contribution in [0.4, 0.5) is 0 Å². The molecule has 1 aromatic heterocycles. The average Bonchev–Trinajstić information content (AvgIpc) is 3.19. The second-order valence-corrected chi connectivity index (χ2v) is 6.97. The molecular formula is C16H17NO2S2. The number of thioether (sulfide) groups is 1. The Morgan fingerprint density at radius 3 is 2.86 bits per heavy atom. The van der Waals surface area contributed by atoms with Crippen LogP contribution in [0.2, 0.25) is 0 Å². The van der Waals surface area contributed by atoms with Gasteiger partial charge in [0.25, 0.3) is 0 Å². The summed E-state index contributed by atoms with van der Waals surface area (Å²) in [4.78, 5) is 15.5. The minimum atomic E-state index is 0.0781. The molecule has 0 spiro atoms. The first kappa shape index (κ1) is 14.6. The van der Waals surface area contributed by atoms with E-state index in [-0.39, 0.29) is 17.9 Å². The number of hydrogen-bond donors (Lipinski definition) is 0. The second-order valence-electron chi connectivity index (χ2n) is 4.80. The van der Waals surface area contributed by atoms with Crippen LogP contribution in [0.25, 0.3) is 0 Å². The van der Waals surface area contributed by atoms with Gasteiger partial charge >= 0.3 is 0 Å². The maximum absolute atomic E-state index is 12.3. The van der Waals surface area contributed by atoms with E-state index in [9.17, 15) is 4.79 Å². The van der Waals surface area contributed by atoms with E-state index in [1.807, 2.05) is 53.1 Å². The minimum absolute atomic E-state index is 0.0781. The molecular weight excluding hydrogens is 302 g/mol. The number of ether oxygens (including phenoxy) is 1. The van der Waals surface area contributed by atoms with Crippen LogP contribution in [-0.2, 0) is 16.1 Å². The Hall–Kier alpha value is -1.30. The second kappa shape index (κ2) is 7.11. The molecule has 0 N–H and O–H groups in total. The third kappa shape index (κ3) is 3.67. The van der Waals surface area contributed by atoms with Gasteiger partial charge < -0.3 is 9.64 Å². The Kier molecular flexibility index (Phi) is 4.95. The number of carbonyl (C=O) groups excluding carboxylic acids is 1. The summed E-state index contributed by atoms with van der Waals surface area (Å²) < 4.78 is 5.56. The van der Waals surface area contributed by atoms with Crippen molar-refractivity contribution in [3.8, 4) is 0 Å². The molecule has 1 fully saturated rings. The number of nitrogens with zero attached hydrogens (tertiary/aromatic N) is 1. The number of carbonyl (C=O) groups is 1. The lowest BCUT2D eigenvalue weighted by molar-refractivity contribution is -0.136. The molecule has 1 atom stereocenters. The summed E-state index contributed by atoms with van der Waals surface area (Å²) >= 11 is 3.53. The lowest BCUT2D eigenvalue weighted by Gasteiger charge is -2.22. The van der Waals surface area contributed by atoms with Crippen LogP contribution in [0.3, 0.4) is 0 Å². The topological polar surface area (TPSA) is 29.5 Å². The van der Waals surface area contributed by atoms with Gasteiger partial charge in [0.15, 0.2) is 0 Å². The van der Waals surface area contributed by atoms with Crippen LogP contribution in [0.5, 0.6) is 0 Å². The standard InChI is InChI=1S/C16H17NO2S2/c18-15(12-19-11-13-5-2-1-3-6-13)17-8-10-21-16(17)14-7-4-9-20-14/h1-7,9,16H,8,10-12H2/t16-/m0/s1. The van der Waals surface area contributed by atoms with Crippen molar-refractivity contribution in [2.45, 2.75) is 12.0 Å². The van der Waals surface area contributed by atoms with Gasteiger partial charge in [0, 0.05) is 17.2 Å². The largest absolute Gasteiger partial charge is 0.367 e. The first-order valence-electron chi connectivity index (χ1n) is 6.91. The van der Waals surface area contributed by atoms with Crippen molar-refractivity contribution in [2.24, 2.45) is 0 Å². The molecule has 3 nitrogen and oxygen atoms in total. The van der Waals surface area contributed by atoms with Crippen LogP contribution >= 0.6 is 23.1 Å². The van der Waals surface area contributed by atoms with Crippen LogP contribution in [0.15, 0.2) is 47.8 Å². The van der Waals surface area contributed by atoms with Crippen molar-refractivity contribution < 1.29 is 9.53 Å². The summed E-state index contributed by atoms with van der Waals surface area (Å²) in [5.41, 5.74) is 1.09. The fourth-order valence-electron chi connectivity index (χ4n) is 2.31. The molecule has 110 valence electrons. The van der Waals surface area contributed by atoms with Crippen molar-refractivity contribution in [3.63, 3.8) is 0 Å². The lowest BCUT2D eigenvalue weighted by atomic mass is 10.2. The number of rotatable bonds is 5. The smallest absolute Gasteiger partial charge is 0.249 e. The summed E-state index contributed by atoms with van der Waals surface area (Å²) in [6, 6.07) is 14.1. The molecule has 1 aliphatic heterocycles. The van der Waals surface area contributed by atoms with E-state index in [1.54, 1.807) is 11.3 Å². The molecule has 1 aliphatic rings. The quantitative estimate of drug-likeness (QED) is 0.844. The normalized spacial score (nSPS) is 18.1. The summed E-state index contributed by atoms with van der Waals surface area (Å²) in [5, 5.41) is 2.22. The molecule has 0 aliphatic carbocycles. The van der Waals surface area contributed by atoms with Crippen LogP contribution in [0, 0.1) is 0 Å². The van der Waals surface area contributed by atoms with Gasteiger partial charge in [-0.15, -0.1) is 23.1 Å². The third-order valence-electron chi connectivity index (χ3n) is 3.33. The van der Waals surface area contributed by atoms with Gasteiger partial charge in [-0.25, -0.2) is 0 Å². The van der Waals surface area contributed by atoms with Gasteiger partial charge in [-0.3, -0.25) is 4.79 Å². The summed E-state index contributed by atoms with van der Waals surface area (Å²) in [6.07, 6.45) is 0. The fraction of sp³-hybridized carbons (Fsp3) is 0.312. The molecule has 1 aromatic carbocycles. The summed E-state index contributed by atoms with van der Waals surface area (Å²) in [7, 11) is 0. The monoisotopic (exact) mass is 319 g/mol. The van der Waals surface area contributed by atoms with Crippen LogP contribution in [0.1, 0.15) is 15.8 Å². The first-order chi connectivity index (χ1) is 10.3. The highest BCUT2D eigenvalue weighted by Gasteiger charge is 2.31. The van der Waals surface area contributed by atoms with Gasteiger partial charge in [-0.1, -0.05) is 36.4 Å². The summed E-state index contributed by atoms with van der Waals surface area (Å²) in [6.45, 7) is 1.44. The number of benzene rings is 1. The molecule has 21 heavy (non-hydrogen) atoms. The van der Waals surface area contributed by atoms with Gasteiger partial charge in [-0.05, 0) is 17.0 Å². The predicted molar refractivity (Wildman–Crippen MR) is 87.3 cm³/mol. The highest BCUT2D eigenvalue weighted by Crippen LogP contribution is 2.39. The molecule has 0 radical (unpaired) electrons. The zero-order valence-corrected chi connectivity index (χ0v) is 13.2. The molecule has 0 unspecified atom stereocenters. The molecule has 0 saturated carbocycles. The van der Waals surface area contributed by atoms with Crippen molar-refractivity contribution in [1.82, 2.24) is 4.90 Å². The Balaban J connectivity index is 1.53. The molecule has 0 bridgehead atoms. The van der Waals surface area contributed by atoms with Crippen LogP contribution < -0.4 is 0 Å². The zero-order chi connectivity index (χ0) is 14.5. The van der Waals surface area contributed by atoms with Crippen LogP contribution in [-0.4, -0.2) is 29.7 Å². The predicted octanol–water partition coefficient (Wildman–Crippen LogP) is 3.54. The van der Waals surface area contributed by atoms with E-state index in [0.717, 1.165) is 17.9 Å². The van der Waals surface area contributed by atoms with Crippen molar-refractivity contribution in [1.29, 1.82) is 0 Å². The molecule has 2 heterocycles. The van der Waals surface area contributed by atoms with Crippen molar-refractivity contribution in [3.05, 3.63) is 58.3 Å². The maximum Gasteiger partial charge on any atom is 0.249 e. The van der Waals surface area contributed by atoms with Gasteiger partial charge in [-0.2, -0.15) is 0 Å². The molecule has 3 rings (SSSR count). The van der Waals surface area contributed by atoms with E-state index >= 15 is 0 Å². The van der Waals surface area contributed by atoms with E-state index in [0.29, 0.717) is 6.61 Å². The fourth-order valence-corrected chi connectivity index (χ4v) is 4.56. The minimum Gasteiger partial charge on any atom is -0.367 e. The number of amides is 1. The Morgan fingerprint density at radius 2 is 2.10 bits per heavy atom. The van der Waals surface area contributed by atoms with E-state index in [4.69, 9.17) is 4.74 Å². The van der Waals surface area contributed by atoms with Crippen molar-refractivity contribution >= 4 is 29.0 Å². The van der Waals surface area contributed by atoms with E-state index < -0.39 is 0 Å². The maximum atomic E-state index is 12.3. The molecule has 1 amide bonds. The van der Waals surface area contributed by atoms with Gasteiger partial charge in [0.05, 0.1) is 6.61 Å². The average molecular weight is 319 g/mol. The highest BCUT2D eigenvalue weighted by atomic mass is 32.2. The molecule has 1 saturated heterocycles. The Bertz CT molecular complexity index is 571. The molecule has 5 heteroatoms. The SMILES string of the molecule is O=C(COCc1ccccc1)N1CCS[C@H]1c1cccs1. The van der Waals surface area contributed by atoms with Gasteiger partial charge in [0.1, 0.15) is 12.0 Å². The Labute approximate surface area is 132 Å². The zero-order valence-electron chi connectivity index (χ0n) is 11.6. The van der Waals surface area contributed by atoms with E-state index in [1.165, 1.54) is 4.88 Å². The highest BCUT2D eigenvalue weighted by molar-refractivity contribution is 7.99. The number of hydrogen-bond acceptors (Lipinski definition) is 4. The third-order valence-corrected chi connectivity index (χ3v) is 5.65. The van der Waals surface area contributed by atoms with Crippen molar-refractivity contribution in [2.75, 3.05) is 18.9 Å². The Morgan fingerprint density at radius 1 is 1.24 bits per heavy atom. The lowest BCUT2D eigenvalue weighted by Crippen LogP contribution is -2.33. The number of thiophene rings is 1. The van der Waals surface area contributed by atoms with E-state index in [2.05, 4.69) is 11.4 Å². The molecule has 2 aromatic rings.